The smallest absolute Gasteiger partial charge is 0.253 e. The number of hydrogen-bond acceptors (Lipinski definition) is 6. The highest BCUT2D eigenvalue weighted by molar-refractivity contribution is 7.98. The second-order valence-corrected chi connectivity index (χ2v) is 7.45. The van der Waals surface area contributed by atoms with Gasteiger partial charge in [-0.2, -0.15) is 4.98 Å². The van der Waals surface area contributed by atoms with Crippen LogP contribution in [0.1, 0.15) is 23.4 Å². The quantitative estimate of drug-likeness (QED) is 0.588. The highest BCUT2D eigenvalue weighted by Crippen LogP contribution is 2.18. The number of carbonyl (C=O) groups excluding carboxylic acids is 1. The van der Waals surface area contributed by atoms with E-state index in [0.29, 0.717) is 30.3 Å². The first-order chi connectivity index (χ1) is 13.5. The van der Waals surface area contributed by atoms with Crippen molar-refractivity contribution in [2.75, 3.05) is 31.3 Å². The zero-order valence-electron chi connectivity index (χ0n) is 16.8. The van der Waals surface area contributed by atoms with Crippen LogP contribution in [0.3, 0.4) is 0 Å². The minimum atomic E-state index is 0.0451. The van der Waals surface area contributed by atoms with Crippen LogP contribution in [-0.4, -0.2) is 51.9 Å². The van der Waals surface area contributed by atoms with Crippen molar-refractivity contribution in [2.45, 2.75) is 31.8 Å². The van der Waals surface area contributed by atoms with Crippen LogP contribution in [0.5, 0.6) is 0 Å². The van der Waals surface area contributed by atoms with Crippen molar-refractivity contribution >= 4 is 29.1 Å². The Morgan fingerprint density at radius 3 is 2.68 bits per heavy atom. The number of carbonyl (C=O) groups is 1. The molecule has 0 fully saturated rings. The van der Waals surface area contributed by atoms with E-state index in [9.17, 15) is 4.79 Å². The third kappa shape index (κ3) is 4.62. The summed E-state index contributed by atoms with van der Waals surface area (Å²) in [4.78, 5) is 23.3. The van der Waals surface area contributed by atoms with Crippen LogP contribution in [0.25, 0.3) is 5.78 Å². The number of aryl methyl sites for hydroxylation is 2. The minimum absolute atomic E-state index is 0.0451. The van der Waals surface area contributed by atoms with Crippen molar-refractivity contribution < 1.29 is 4.79 Å². The van der Waals surface area contributed by atoms with Gasteiger partial charge in [-0.05, 0) is 44.2 Å². The maximum atomic E-state index is 12.3. The first kappa shape index (κ1) is 20.1. The monoisotopic (exact) mass is 398 g/mol. The number of para-hydroxylation sites is 1. The topological polar surface area (TPSA) is 75.4 Å². The molecule has 0 radical (unpaired) electrons. The Hall–Kier alpha value is -2.61. The Morgan fingerprint density at radius 1 is 1.21 bits per heavy atom. The van der Waals surface area contributed by atoms with Gasteiger partial charge in [-0.25, -0.2) is 9.50 Å². The average Bonchev–Trinajstić information content (AvgIpc) is 3.11. The summed E-state index contributed by atoms with van der Waals surface area (Å²) >= 11 is 1.49. The van der Waals surface area contributed by atoms with Crippen molar-refractivity contribution in [2.24, 2.45) is 0 Å². The number of benzene rings is 1. The molecule has 0 atom stereocenters. The molecule has 0 bridgehead atoms. The molecule has 2 aromatic heterocycles. The Balaban J connectivity index is 1.54. The van der Waals surface area contributed by atoms with E-state index in [0.717, 1.165) is 29.2 Å². The molecule has 3 rings (SSSR count). The fourth-order valence-electron chi connectivity index (χ4n) is 3.14. The van der Waals surface area contributed by atoms with Crippen LogP contribution >= 0.6 is 11.8 Å². The van der Waals surface area contributed by atoms with Gasteiger partial charge in [-0.3, -0.25) is 4.79 Å². The van der Waals surface area contributed by atoms with Gasteiger partial charge in [0.25, 0.3) is 5.78 Å². The second kappa shape index (κ2) is 9.05. The van der Waals surface area contributed by atoms with Crippen LogP contribution in [0.2, 0.25) is 0 Å². The summed E-state index contributed by atoms with van der Waals surface area (Å²) < 4.78 is 1.76. The summed E-state index contributed by atoms with van der Waals surface area (Å²) in [7, 11) is 2.02. The average molecular weight is 399 g/mol. The Labute approximate surface area is 169 Å². The molecule has 148 valence electrons. The molecule has 0 unspecified atom stereocenters. The normalized spacial score (nSPS) is 11.0. The minimum Gasteiger partial charge on any atom is -0.373 e. The van der Waals surface area contributed by atoms with Crippen LogP contribution in [0.4, 0.5) is 5.69 Å². The predicted octanol–water partition coefficient (Wildman–Crippen LogP) is 2.65. The van der Waals surface area contributed by atoms with Gasteiger partial charge in [0.05, 0.1) is 0 Å². The molecule has 0 aliphatic heterocycles. The van der Waals surface area contributed by atoms with Crippen LogP contribution in [-0.2, 0) is 11.2 Å². The molecule has 0 saturated carbocycles. The number of anilines is 1. The molecular formula is C20H26N6OS. The molecule has 28 heavy (non-hydrogen) atoms. The highest BCUT2D eigenvalue weighted by Gasteiger charge is 2.14. The van der Waals surface area contributed by atoms with Crippen molar-refractivity contribution in [3.8, 4) is 0 Å². The van der Waals surface area contributed by atoms with Gasteiger partial charge in [0.1, 0.15) is 0 Å². The first-order valence-electron chi connectivity index (χ1n) is 9.29. The van der Waals surface area contributed by atoms with Crippen LogP contribution in [0, 0.1) is 13.8 Å². The van der Waals surface area contributed by atoms with Gasteiger partial charge in [0.15, 0.2) is 0 Å². The van der Waals surface area contributed by atoms with E-state index in [2.05, 4.69) is 37.4 Å². The number of nitrogens with one attached hydrogen (secondary N) is 1. The SMILES string of the molecule is CSc1nc2nc(C)c(CCC(=O)NCCN(C)c3ccccc3)c(C)n2n1. The molecule has 0 saturated heterocycles. The standard InChI is InChI=1S/C20H26N6OS/c1-14-17(15(2)26-19(22-14)23-20(24-26)28-4)10-11-18(27)21-12-13-25(3)16-8-6-5-7-9-16/h5-9H,10-13H2,1-4H3,(H,21,27). The molecule has 1 aromatic carbocycles. The first-order valence-corrected chi connectivity index (χ1v) is 10.5. The van der Waals surface area contributed by atoms with Gasteiger partial charge in [-0.1, -0.05) is 30.0 Å². The molecule has 0 aliphatic rings. The Bertz CT molecular complexity index is 956. The maximum absolute atomic E-state index is 12.3. The predicted molar refractivity (Wildman–Crippen MR) is 113 cm³/mol. The molecular weight excluding hydrogens is 372 g/mol. The lowest BCUT2D eigenvalue weighted by Gasteiger charge is -2.19. The van der Waals surface area contributed by atoms with E-state index in [1.54, 1.807) is 4.52 Å². The fourth-order valence-corrected chi connectivity index (χ4v) is 3.48. The number of aromatic nitrogens is 4. The van der Waals surface area contributed by atoms with Crippen LogP contribution < -0.4 is 10.2 Å². The molecule has 8 heteroatoms. The Kier molecular flexibility index (Phi) is 6.51. The molecule has 3 aromatic rings. The van der Waals surface area contributed by atoms with Crippen molar-refractivity contribution in [3.63, 3.8) is 0 Å². The van der Waals surface area contributed by atoms with Crippen molar-refractivity contribution in [1.29, 1.82) is 0 Å². The third-order valence-corrected chi connectivity index (χ3v) is 5.32. The molecule has 2 heterocycles. The second-order valence-electron chi connectivity index (χ2n) is 6.68. The number of fused-ring (bicyclic) bond motifs is 1. The number of hydrogen-bond donors (Lipinski definition) is 1. The molecule has 1 N–H and O–H groups in total. The summed E-state index contributed by atoms with van der Waals surface area (Å²) in [5, 5.41) is 8.16. The van der Waals surface area contributed by atoms with E-state index in [4.69, 9.17) is 0 Å². The number of thioether (sulfide) groups is 1. The fraction of sp³-hybridized carbons (Fsp3) is 0.400. The van der Waals surface area contributed by atoms with Gasteiger partial charge in [-0.15, -0.1) is 5.10 Å². The van der Waals surface area contributed by atoms with Gasteiger partial charge >= 0.3 is 0 Å². The van der Waals surface area contributed by atoms with Crippen molar-refractivity contribution in [1.82, 2.24) is 24.9 Å². The van der Waals surface area contributed by atoms with Gasteiger partial charge in [0, 0.05) is 43.6 Å². The largest absolute Gasteiger partial charge is 0.373 e. The van der Waals surface area contributed by atoms with E-state index >= 15 is 0 Å². The summed E-state index contributed by atoms with van der Waals surface area (Å²) in [5.41, 5.74) is 4.09. The lowest BCUT2D eigenvalue weighted by molar-refractivity contribution is -0.120. The molecule has 7 nitrogen and oxygen atoms in total. The van der Waals surface area contributed by atoms with Gasteiger partial charge < -0.3 is 10.2 Å². The van der Waals surface area contributed by atoms with E-state index in [1.807, 2.05) is 45.4 Å². The summed E-state index contributed by atoms with van der Waals surface area (Å²) in [6, 6.07) is 10.1. The summed E-state index contributed by atoms with van der Waals surface area (Å²) in [6.45, 7) is 5.34. The zero-order valence-corrected chi connectivity index (χ0v) is 17.6. The van der Waals surface area contributed by atoms with Crippen LogP contribution in [0.15, 0.2) is 35.5 Å². The summed E-state index contributed by atoms with van der Waals surface area (Å²) in [5.74, 6) is 0.653. The highest BCUT2D eigenvalue weighted by atomic mass is 32.2. The zero-order chi connectivity index (χ0) is 20.1. The number of amides is 1. The maximum Gasteiger partial charge on any atom is 0.253 e. The number of nitrogens with zero attached hydrogens (tertiary/aromatic N) is 5. The molecule has 0 aliphatic carbocycles. The lowest BCUT2D eigenvalue weighted by Crippen LogP contribution is -2.33. The molecule has 1 amide bonds. The van der Waals surface area contributed by atoms with E-state index in [1.165, 1.54) is 11.8 Å². The number of rotatable bonds is 8. The third-order valence-electron chi connectivity index (χ3n) is 4.78. The summed E-state index contributed by atoms with van der Waals surface area (Å²) in [6.07, 6.45) is 3.00. The van der Waals surface area contributed by atoms with Gasteiger partial charge in [0.2, 0.25) is 11.1 Å². The number of likely N-dealkylation sites (N-methyl/N-ethyl adjacent to an activating group) is 1. The van der Waals surface area contributed by atoms with E-state index in [-0.39, 0.29) is 5.91 Å². The molecule has 0 spiro atoms. The Morgan fingerprint density at radius 2 is 1.96 bits per heavy atom. The lowest BCUT2D eigenvalue weighted by atomic mass is 10.1. The van der Waals surface area contributed by atoms with Crippen molar-refractivity contribution in [3.05, 3.63) is 47.3 Å². The van der Waals surface area contributed by atoms with E-state index < -0.39 is 0 Å².